The molecule has 0 amide bonds. The molecule has 2 aromatic heterocycles. The molecule has 3 heterocycles. The molecular formula is C18H19N5O. The van der Waals surface area contributed by atoms with Crippen LogP contribution < -0.4 is 10.5 Å². The summed E-state index contributed by atoms with van der Waals surface area (Å²) in [5.74, 6) is 0.666. The van der Waals surface area contributed by atoms with E-state index in [0.717, 1.165) is 38.2 Å². The Kier molecular flexibility index (Phi) is 3.96. The van der Waals surface area contributed by atoms with Crippen molar-refractivity contribution < 1.29 is 0 Å². The molecule has 4 rings (SSSR count). The maximum absolute atomic E-state index is 12.2. The minimum absolute atomic E-state index is 0.0756. The summed E-state index contributed by atoms with van der Waals surface area (Å²) in [4.78, 5) is 28.4. The molecule has 1 N–H and O–H groups in total. The minimum Gasteiger partial charge on any atom is -0.340 e. The smallest absolute Gasteiger partial charge is 0.260 e. The quantitative estimate of drug-likeness (QED) is 0.794. The number of pyridine rings is 1. The van der Waals surface area contributed by atoms with Gasteiger partial charge in [-0.25, -0.2) is 4.98 Å². The molecule has 0 bridgehead atoms. The predicted molar refractivity (Wildman–Crippen MR) is 94.1 cm³/mol. The topological polar surface area (TPSA) is 65.1 Å². The van der Waals surface area contributed by atoms with Crippen molar-refractivity contribution in [2.45, 2.75) is 6.54 Å². The van der Waals surface area contributed by atoms with Crippen LogP contribution in [0.15, 0.2) is 53.6 Å². The van der Waals surface area contributed by atoms with Gasteiger partial charge < -0.3 is 4.90 Å². The van der Waals surface area contributed by atoms with Crippen LogP contribution in [0, 0.1) is 0 Å². The Labute approximate surface area is 139 Å². The highest BCUT2D eigenvalue weighted by Gasteiger charge is 2.19. The van der Waals surface area contributed by atoms with E-state index >= 15 is 0 Å². The number of piperazine rings is 1. The average Bonchev–Trinajstić information content (AvgIpc) is 2.63. The van der Waals surface area contributed by atoms with Gasteiger partial charge >= 0.3 is 0 Å². The van der Waals surface area contributed by atoms with E-state index < -0.39 is 0 Å². The highest BCUT2D eigenvalue weighted by atomic mass is 16.1. The number of para-hydroxylation sites is 1. The fourth-order valence-electron chi connectivity index (χ4n) is 3.09. The first kappa shape index (κ1) is 14.8. The normalized spacial score (nSPS) is 15.8. The average molecular weight is 321 g/mol. The molecule has 0 spiro atoms. The second kappa shape index (κ2) is 6.41. The van der Waals surface area contributed by atoms with E-state index in [1.807, 2.05) is 30.5 Å². The number of rotatable bonds is 3. The molecule has 1 aliphatic rings. The lowest BCUT2D eigenvalue weighted by Crippen LogP contribution is -2.46. The first-order valence-electron chi connectivity index (χ1n) is 8.15. The van der Waals surface area contributed by atoms with Gasteiger partial charge in [0, 0.05) is 45.1 Å². The summed E-state index contributed by atoms with van der Waals surface area (Å²) in [6.07, 6.45) is 3.71. The van der Waals surface area contributed by atoms with E-state index in [0.29, 0.717) is 11.3 Å². The van der Waals surface area contributed by atoms with Crippen LogP contribution >= 0.6 is 0 Å². The highest BCUT2D eigenvalue weighted by molar-refractivity contribution is 5.78. The zero-order chi connectivity index (χ0) is 16.4. The lowest BCUT2D eigenvalue weighted by atomic mass is 10.2. The first-order chi connectivity index (χ1) is 11.8. The van der Waals surface area contributed by atoms with Crippen LogP contribution in [0.3, 0.4) is 0 Å². The number of aromatic amines is 1. The van der Waals surface area contributed by atoms with Crippen LogP contribution in [0.1, 0.15) is 5.56 Å². The minimum atomic E-state index is -0.0756. The highest BCUT2D eigenvalue weighted by Crippen LogP contribution is 2.14. The van der Waals surface area contributed by atoms with Gasteiger partial charge in [-0.3, -0.25) is 19.7 Å². The standard InChI is InChI=1S/C18H19N5O/c24-17-15-5-1-2-6-16(15)20-18(21-17)23-10-8-22(9-11-23)13-14-4-3-7-19-12-14/h1-7,12H,8-11,13H2,(H,20,21,24). The largest absolute Gasteiger partial charge is 0.340 e. The summed E-state index contributed by atoms with van der Waals surface area (Å²) in [7, 11) is 0. The number of nitrogens with zero attached hydrogens (tertiary/aromatic N) is 4. The van der Waals surface area contributed by atoms with Gasteiger partial charge in [0.25, 0.3) is 5.56 Å². The van der Waals surface area contributed by atoms with Gasteiger partial charge in [-0.15, -0.1) is 0 Å². The number of anilines is 1. The van der Waals surface area contributed by atoms with E-state index in [1.165, 1.54) is 5.56 Å². The van der Waals surface area contributed by atoms with Crippen LogP contribution in [-0.2, 0) is 6.54 Å². The molecule has 6 nitrogen and oxygen atoms in total. The van der Waals surface area contributed by atoms with Crippen molar-refractivity contribution in [3.8, 4) is 0 Å². The van der Waals surface area contributed by atoms with Gasteiger partial charge in [-0.1, -0.05) is 18.2 Å². The molecule has 1 saturated heterocycles. The second-order valence-corrected chi connectivity index (χ2v) is 6.03. The Balaban J connectivity index is 1.47. The third kappa shape index (κ3) is 3.00. The van der Waals surface area contributed by atoms with Gasteiger partial charge in [-0.2, -0.15) is 0 Å². The molecule has 24 heavy (non-hydrogen) atoms. The summed E-state index contributed by atoms with van der Waals surface area (Å²) in [5, 5.41) is 0.636. The van der Waals surface area contributed by atoms with Gasteiger partial charge in [0.05, 0.1) is 10.9 Å². The van der Waals surface area contributed by atoms with Crippen molar-refractivity contribution in [1.82, 2.24) is 19.9 Å². The summed E-state index contributed by atoms with van der Waals surface area (Å²) in [6.45, 7) is 4.48. The molecule has 0 aliphatic carbocycles. The lowest BCUT2D eigenvalue weighted by molar-refractivity contribution is 0.248. The number of H-pyrrole nitrogens is 1. The summed E-state index contributed by atoms with van der Waals surface area (Å²) in [6, 6.07) is 11.5. The third-order valence-corrected chi connectivity index (χ3v) is 4.40. The van der Waals surface area contributed by atoms with Crippen LogP contribution in [0.25, 0.3) is 10.9 Å². The molecule has 0 atom stereocenters. The van der Waals surface area contributed by atoms with Gasteiger partial charge in [0.2, 0.25) is 5.95 Å². The van der Waals surface area contributed by atoms with Gasteiger partial charge in [-0.05, 0) is 23.8 Å². The molecule has 0 saturated carbocycles. The molecule has 122 valence electrons. The third-order valence-electron chi connectivity index (χ3n) is 4.40. The van der Waals surface area contributed by atoms with Gasteiger partial charge in [0.15, 0.2) is 0 Å². The zero-order valence-electron chi connectivity index (χ0n) is 13.4. The Bertz CT molecular complexity index is 885. The molecular weight excluding hydrogens is 302 g/mol. The number of fused-ring (bicyclic) bond motifs is 1. The van der Waals surface area contributed by atoms with Crippen molar-refractivity contribution in [2.75, 3.05) is 31.1 Å². The fourth-order valence-corrected chi connectivity index (χ4v) is 3.09. The lowest BCUT2D eigenvalue weighted by Gasteiger charge is -2.34. The van der Waals surface area contributed by atoms with E-state index in [9.17, 15) is 4.79 Å². The number of nitrogens with one attached hydrogen (secondary N) is 1. The van der Waals surface area contributed by atoms with Crippen molar-refractivity contribution in [1.29, 1.82) is 0 Å². The first-order valence-corrected chi connectivity index (χ1v) is 8.15. The molecule has 0 unspecified atom stereocenters. The number of aromatic nitrogens is 3. The van der Waals surface area contributed by atoms with Gasteiger partial charge in [0.1, 0.15) is 0 Å². The van der Waals surface area contributed by atoms with Crippen molar-refractivity contribution in [2.24, 2.45) is 0 Å². The summed E-state index contributed by atoms with van der Waals surface area (Å²) in [5.41, 5.74) is 1.89. The Morgan fingerprint density at radius 3 is 2.67 bits per heavy atom. The Morgan fingerprint density at radius 1 is 1.04 bits per heavy atom. The van der Waals surface area contributed by atoms with E-state index in [-0.39, 0.29) is 5.56 Å². The molecule has 1 aliphatic heterocycles. The zero-order valence-corrected chi connectivity index (χ0v) is 13.4. The Morgan fingerprint density at radius 2 is 1.88 bits per heavy atom. The molecule has 1 fully saturated rings. The van der Waals surface area contributed by atoms with Crippen LogP contribution in [0.2, 0.25) is 0 Å². The van der Waals surface area contributed by atoms with Crippen molar-refractivity contribution in [3.05, 3.63) is 64.7 Å². The van der Waals surface area contributed by atoms with E-state index in [2.05, 4.69) is 30.8 Å². The molecule has 1 aromatic carbocycles. The fraction of sp³-hybridized carbons (Fsp3) is 0.278. The predicted octanol–water partition coefficient (Wildman–Crippen LogP) is 1.64. The maximum atomic E-state index is 12.2. The Hall–Kier alpha value is -2.73. The number of hydrogen-bond acceptors (Lipinski definition) is 5. The van der Waals surface area contributed by atoms with E-state index in [4.69, 9.17) is 0 Å². The second-order valence-electron chi connectivity index (χ2n) is 6.03. The maximum Gasteiger partial charge on any atom is 0.260 e. The molecule has 0 radical (unpaired) electrons. The van der Waals surface area contributed by atoms with Crippen LogP contribution in [0.5, 0.6) is 0 Å². The summed E-state index contributed by atoms with van der Waals surface area (Å²) >= 11 is 0. The van der Waals surface area contributed by atoms with Crippen molar-refractivity contribution >= 4 is 16.9 Å². The molecule has 3 aromatic rings. The van der Waals surface area contributed by atoms with E-state index in [1.54, 1.807) is 12.3 Å². The number of benzene rings is 1. The van der Waals surface area contributed by atoms with Crippen molar-refractivity contribution in [3.63, 3.8) is 0 Å². The van der Waals surface area contributed by atoms with Crippen LogP contribution in [0.4, 0.5) is 5.95 Å². The summed E-state index contributed by atoms with van der Waals surface area (Å²) < 4.78 is 0. The monoisotopic (exact) mass is 321 g/mol. The SMILES string of the molecule is O=c1[nH]c(N2CCN(Cc3cccnc3)CC2)nc2ccccc12. The van der Waals surface area contributed by atoms with Crippen LogP contribution in [-0.4, -0.2) is 46.0 Å². The number of hydrogen-bond donors (Lipinski definition) is 1. The molecule has 6 heteroatoms.